The van der Waals surface area contributed by atoms with Crippen LogP contribution in [0.2, 0.25) is 10.0 Å². The lowest BCUT2D eigenvalue weighted by Gasteiger charge is -2.08. The summed E-state index contributed by atoms with van der Waals surface area (Å²) in [5, 5.41) is 5.34. The van der Waals surface area contributed by atoms with Crippen molar-refractivity contribution < 1.29 is 0 Å². The molecule has 2 aromatic rings. The number of rotatable bonds is 4. The third kappa shape index (κ3) is 4.00. The molecule has 0 aliphatic rings. The Bertz CT molecular complexity index is 590. The molecule has 0 spiro atoms. The third-order valence-corrected chi connectivity index (χ3v) is 3.93. The topological polar surface area (TPSA) is 37.8 Å². The van der Waals surface area contributed by atoms with Crippen LogP contribution in [0.3, 0.4) is 0 Å². The van der Waals surface area contributed by atoms with Gasteiger partial charge in [0.05, 0.1) is 5.02 Å². The van der Waals surface area contributed by atoms with Crippen molar-refractivity contribution in [3.05, 3.63) is 40.1 Å². The summed E-state index contributed by atoms with van der Waals surface area (Å²) < 4.78 is 0. The smallest absolute Gasteiger partial charge is 0.130 e. The number of hydrogen-bond donors (Lipinski definition) is 1. The lowest BCUT2D eigenvalue weighted by molar-refractivity contribution is 0.960. The maximum atomic E-state index is 6.15. The molecule has 0 aliphatic carbocycles. The van der Waals surface area contributed by atoms with Crippen LogP contribution in [0.25, 0.3) is 0 Å². The fraction of sp³-hybridized carbons (Fsp3) is 0.231. The number of hydrogen-bond acceptors (Lipinski definition) is 4. The Kier molecular flexibility index (Phi) is 4.91. The summed E-state index contributed by atoms with van der Waals surface area (Å²) >= 11 is 13.6. The first kappa shape index (κ1) is 14.4. The summed E-state index contributed by atoms with van der Waals surface area (Å²) in [6.45, 7) is 4.71. The zero-order valence-electron chi connectivity index (χ0n) is 10.6. The van der Waals surface area contributed by atoms with Crippen LogP contribution in [0.5, 0.6) is 0 Å². The molecule has 6 heteroatoms. The number of halogens is 2. The van der Waals surface area contributed by atoms with Gasteiger partial charge in [-0.25, -0.2) is 9.97 Å². The SMILES string of the molecule is CCNc1cc(Sc2cc(Cl)ccc2Cl)nc(C)n1. The highest BCUT2D eigenvalue weighted by Crippen LogP contribution is 2.34. The van der Waals surface area contributed by atoms with Crippen LogP contribution in [0.1, 0.15) is 12.7 Å². The fourth-order valence-corrected chi connectivity index (χ4v) is 2.93. The van der Waals surface area contributed by atoms with Crippen LogP contribution in [0, 0.1) is 6.92 Å². The average Bonchev–Trinajstić information content (AvgIpc) is 2.33. The zero-order valence-corrected chi connectivity index (χ0v) is 12.9. The number of benzene rings is 1. The molecular formula is C13H13Cl2N3S. The van der Waals surface area contributed by atoms with Gasteiger partial charge in [0, 0.05) is 22.5 Å². The number of anilines is 1. The minimum Gasteiger partial charge on any atom is -0.370 e. The Labute approximate surface area is 126 Å². The van der Waals surface area contributed by atoms with Crippen LogP contribution < -0.4 is 5.32 Å². The molecule has 0 atom stereocenters. The molecule has 100 valence electrons. The van der Waals surface area contributed by atoms with Crippen LogP contribution in [0.15, 0.2) is 34.2 Å². The molecule has 1 N–H and O–H groups in total. The molecule has 0 amide bonds. The quantitative estimate of drug-likeness (QED) is 0.832. The van der Waals surface area contributed by atoms with E-state index in [4.69, 9.17) is 23.2 Å². The number of aromatic nitrogens is 2. The first-order valence-electron chi connectivity index (χ1n) is 5.81. The number of aryl methyl sites for hydroxylation is 1. The Morgan fingerprint density at radius 2 is 2.00 bits per heavy atom. The minimum absolute atomic E-state index is 0.657. The average molecular weight is 314 g/mol. The van der Waals surface area contributed by atoms with Crippen LogP contribution >= 0.6 is 35.0 Å². The molecule has 0 bridgehead atoms. The monoisotopic (exact) mass is 313 g/mol. The summed E-state index contributed by atoms with van der Waals surface area (Å²) in [5.74, 6) is 1.54. The molecule has 3 nitrogen and oxygen atoms in total. The fourth-order valence-electron chi connectivity index (χ4n) is 1.53. The van der Waals surface area contributed by atoms with E-state index < -0.39 is 0 Å². The number of nitrogens with zero attached hydrogens (tertiary/aromatic N) is 2. The molecule has 0 saturated heterocycles. The van der Waals surface area contributed by atoms with Gasteiger partial charge in [0.1, 0.15) is 16.7 Å². The lowest BCUT2D eigenvalue weighted by atomic mass is 10.4. The van der Waals surface area contributed by atoms with E-state index in [2.05, 4.69) is 15.3 Å². The van der Waals surface area contributed by atoms with Gasteiger partial charge >= 0.3 is 0 Å². The summed E-state index contributed by atoms with van der Waals surface area (Å²) in [6, 6.07) is 7.28. The van der Waals surface area contributed by atoms with E-state index in [-0.39, 0.29) is 0 Å². The summed E-state index contributed by atoms with van der Waals surface area (Å²) in [7, 11) is 0. The molecule has 0 saturated carbocycles. The van der Waals surface area contributed by atoms with E-state index in [1.807, 2.05) is 26.0 Å². The maximum Gasteiger partial charge on any atom is 0.130 e. The van der Waals surface area contributed by atoms with E-state index in [0.29, 0.717) is 10.0 Å². The second-order valence-electron chi connectivity index (χ2n) is 3.85. The van der Waals surface area contributed by atoms with E-state index in [9.17, 15) is 0 Å². The Morgan fingerprint density at radius 3 is 2.74 bits per heavy atom. The Hall–Kier alpha value is -0.970. The van der Waals surface area contributed by atoms with Gasteiger partial charge in [-0.05, 0) is 32.0 Å². The van der Waals surface area contributed by atoms with Gasteiger partial charge in [-0.2, -0.15) is 0 Å². The van der Waals surface area contributed by atoms with Crippen LogP contribution in [0.4, 0.5) is 5.82 Å². The molecule has 2 rings (SSSR count). The first-order valence-corrected chi connectivity index (χ1v) is 7.38. The zero-order chi connectivity index (χ0) is 13.8. The summed E-state index contributed by atoms with van der Waals surface area (Å²) in [6.07, 6.45) is 0. The normalized spacial score (nSPS) is 10.5. The second-order valence-corrected chi connectivity index (χ2v) is 5.75. The van der Waals surface area contributed by atoms with Gasteiger partial charge in [-0.15, -0.1) is 0 Å². The van der Waals surface area contributed by atoms with Crippen molar-refractivity contribution in [2.75, 3.05) is 11.9 Å². The van der Waals surface area contributed by atoms with E-state index in [1.165, 1.54) is 11.8 Å². The van der Waals surface area contributed by atoms with Crippen LogP contribution in [-0.2, 0) is 0 Å². The highest BCUT2D eigenvalue weighted by Gasteiger charge is 2.07. The van der Waals surface area contributed by atoms with Crippen molar-refractivity contribution in [3.8, 4) is 0 Å². The minimum atomic E-state index is 0.657. The molecule has 0 unspecified atom stereocenters. The van der Waals surface area contributed by atoms with Crippen molar-refractivity contribution in [2.45, 2.75) is 23.8 Å². The lowest BCUT2D eigenvalue weighted by Crippen LogP contribution is -2.02. The predicted molar refractivity (Wildman–Crippen MR) is 81.5 cm³/mol. The van der Waals surface area contributed by atoms with Gasteiger partial charge in [0.2, 0.25) is 0 Å². The van der Waals surface area contributed by atoms with Gasteiger partial charge < -0.3 is 5.32 Å². The molecule has 0 aliphatic heterocycles. The van der Waals surface area contributed by atoms with Crippen molar-refractivity contribution in [1.82, 2.24) is 9.97 Å². The molecule has 19 heavy (non-hydrogen) atoms. The number of nitrogens with one attached hydrogen (secondary N) is 1. The van der Waals surface area contributed by atoms with Gasteiger partial charge in [0.25, 0.3) is 0 Å². The molecule has 0 radical (unpaired) electrons. The summed E-state index contributed by atoms with van der Waals surface area (Å²) in [5.41, 5.74) is 0. The van der Waals surface area contributed by atoms with E-state index in [0.717, 1.165) is 28.1 Å². The predicted octanol–water partition coefficient (Wildman–Crippen LogP) is 4.67. The summed E-state index contributed by atoms with van der Waals surface area (Å²) in [4.78, 5) is 9.59. The van der Waals surface area contributed by atoms with E-state index >= 15 is 0 Å². The molecule has 1 heterocycles. The highest BCUT2D eigenvalue weighted by atomic mass is 35.5. The standard InChI is InChI=1S/C13H13Cl2N3S/c1-3-16-12-7-13(18-8(2)17-12)19-11-6-9(14)4-5-10(11)15/h4-7H,3H2,1-2H3,(H,16,17,18). The first-order chi connectivity index (χ1) is 9.08. The largest absolute Gasteiger partial charge is 0.370 e. The Balaban J connectivity index is 2.29. The van der Waals surface area contributed by atoms with Gasteiger partial charge in [-0.1, -0.05) is 35.0 Å². The van der Waals surface area contributed by atoms with Crippen molar-refractivity contribution in [2.24, 2.45) is 0 Å². The van der Waals surface area contributed by atoms with Crippen molar-refractivity contribution in [1.29, 1.82) is 0 Å². The second kappa shape index (κ2) is 6.46. The molecule has 0 fully saturated rings. The van der Waals surface area contributed by atoms with Crippen molar-refractivity contribution >= 4 is 40.8 Å². The van der Waals surface area contributed by atoms with E-state index in [1.54, 1.807) is 12.1 Å². The van der Waals surface area contributed by atoms with Crippen LogP contribution in [-0.4, -0.2) is 16.5 Å². The highest BCUT2D eigenvalue weighted by molar-refractivity contribution is 7.99. The van der Waals surface area contributed by atoms with Gasteiger partial charge in [0.15, 0.2) is 0 Å². The van der Waals surface area contributed by atoms with Crippen molar-refractivity contribution in [3.63, 3.8) is 0 Å². The molecule has 1 aromatic heterocycles. The third-order valence-electron chi connectivity index (χ3n) is 2.28. The molecule has 1 aromatic carbocycles. The Morgan fingerprint density at radius 1 is 1.21 bits per heavy atom. The van der Waals surface area contributed by atoms with Gasteiger partial charge in [-0.3, -0.25) is 0 Å². The maximum absolute atomic E-state index is 6.15. The molecular weight excluding hydrogens is 301 g/mol.